The fraction of sp³-hybridized carbons (Fsp3) is 0.154. The number of hydrogen-bond acceptors (Lipinski definition) is 8. The molecule has 0 fully saturated rings. The summed E-state index contributed by atoms with van der Waals surface area (Å²) in [6.45, 7) is 0. The summed E-state index contributed by atoms with van der Waals surface area (Å²) < 4.78 is 22.6. The van der Waals surface area contributed by atoms with Gasteiger partial charge in [-0.25, -0.2) is 4.79 Å². The Morgan fingerprint density at radius 2 is 1.50 bits per heavy atom. The highest BCUT2D eigenvalue weighted by molar-refractivity contribution is 6.07. The summed E-state index contributed by atoms with van der Waals surface area (Å²) in [6.07, 6.45) is 0. The van der Waals surface area contributed by atoms with E-state index in [2.05, 4.69) is 0 Å². The van der Waals surface area contributed by atoms with Crippen molar-refractivity contribution in [2.45, 2.75) is 0 Å². The summed E-state index contributed by atoms with van der Waals surface area (Å²) in [4.78, 5) is 37.8. The molecule has 0 bridgehead atoms. The molecule has 0 unspecified atom stereocenters. The first kappa shape index (κ1) is 24.3. The number of pyridine rings is 1. The van der Waals surface area contributed by atoms with Crippen LogP contribution in [0.15, 0.2) is 65.5 Å². The van der Waals surface area contributed by atoms with E-state index in [1.165, 1.54) is 52.7 Å². The van der Waals surface area contributed by atoms with Gasteiger partial charge in [0.05, 0.1) is 39.0 Å². The van der Waals surface area contributed by atoms with Gasteiger partial charge in [-0.15, -0.1) is 0 Å². The number of methoxy groups -OCH3 is 4. The van der Waals surface area contributed by atoms with E-state index < -0.39 is 16.5 Å². The van der Waals surface area contributed by atoms with Crippen molar-refractivity contribution in [2.75, 3.05) is 28.4 Å². The molecule has 3 aromatic carbocycles. The molecule has 4 aromatic rings. The van der Waals surface area contributed by atoms with Gasteiger partial charge >= 0.3 is 5.97 Å². The fourth-order valence-electron chi connectivity index (χ4n) is 4.15. The van der Waals surface area contributed by atoms with E-state index in [1.54, 1.807) is 36.4 Å². The van der Waals surface area contributed by atoms with Crippen LogP contribution in [-0.4, -0.2) is 43.9 Å². The van der Waals surface area contributed by atoms with Gasteiger partial charge in [0, 0.05) is 23.1 Å². The van der Waals surface area contributed by atoms with Gasteiger partial charge in [-0.2, -0.15) is 0 Å². The lowest BCUT2D eigenvalue weighted by Crippen LogP contribution is -2.27. The molecule has 0 N–H and O–H groups in total. The zero-order valence-corrected chi connectivity index (χ0v) is 19.9. The number of fused-ring (bicyclic) bond motifs is 1. The third kappa shape index (κ3) is 3.98. The van der Waals surface area contributed by atoms with Crippen LogP contribution in [0.3, 0.4) is 0 Å². The number of nitrogens with zero attached hydrogens (tertiary/aromatic N) is 2. The number of non-ortho nitro benzene ring substituents is 1. The van der Waals surface area contributed by atoms with Crippen molar-refractivity contribution in [1.82, 2.24) is 4.57 Å². The van der Waals surface area contributed by atoms with Crippen LogP contribution in [0.1, 0.15) is 10.5 Å². The number of carbonyl (C=O) groups excluding carboxylic acids is 1. The number of benzene rings is 3. The summed E-state index contributed by atoms with van der Waals surface area (Å²) in [5, 5.41) is 12.2. The molecule has 4 rings (SSSR count). The molecular weight excluding hydrogens is 468 g/mol. The zero-order chi connectivity index (χ0) is 26.0. The number of hydrogen-bond donors (Lipinski definition) is 0. The molecule has 0 amide bonds. The molecule has 0 saturated carbocycles. The molecule has 10 heteroatoms. The molecular formula is C26H22N2O8. The fourth-order valence-corrected chi connectivity index (χ4v) is 4.15. The van der Waals surface area contributed by atoms with Crippen molar-refractivity contribution in [3.05, 3.63) is 86.8 Å². The van der Waals surface area contributed by atoms with Crippen molar-refractivity contribution in [3.63, 3.8) is 0 Å². The number of nitro benzene ring substituents is 1. The van der Waals surface area contributed by atoms with Crippen molar-refractivity contribution >= 4 is 22.4 Å². The molecule has 0 aliphatic rings. The molecule has 36 heavy (non-hydrogen) atoms. The quantitative estimate of drug-likeness (QED) is 0.213. The van der Waals surface area contributed by atoms with Gasteiger partial charge in [-0.1, -0.05) is 24.3 Å². The van der Waals surface area contributed by atoms with Crippen LogP contribution < -0.4 is 19.8 Å². The molecule has 0 aliphatic carbocycles. The number of nitro groups is 1. The molecule has 0 saturated heterocycles. The maximum Gasteiger partial charge on any atom is 0.355 e. The lowest BCUT2D eigenvalue weighted by Gasteiger charge is -2.20. The summed E-state index contributed by atoms with van der Waals surface area (Å²) in [7, 11) is 5.59. The van der Waals surface area contributed by atoms with Crippen molar-refractivity contribution in [1.29, 1.82) is 0 Å². The summed E-state index contributed by atoms with van der Waals surface area (Å²) in [5.74, 6) is 0.201. The Bertz CT molecular complexity index is 1530. The maximum absolute atomic E-state index is 13.7. The van der Waals surface area contributed by atoms with Gasteiger partial charge in [0.1, 0.15) is 5.69 Å². The molecule has 0 radical (unpaired) electrons. The van der Waals surface area contributed by atoms with Crippen LogP contribution in [-0.2, 0) is 4.74 Å². The normalized spacial score (nSPS) is 10.7. The molecule has 184 valence electrons. The standard InChI is InChI=1S/C26H22N2O8/c1-33-20-12-15(13-21(34-2)24(20)35-3)22-18-10-5-6-11-19(18)25(29)27(23(22)26(30)36-4)16-8-7-9-17(14-16)28(31)32/h5-14H,1-4H3. The third-order valence-corrected chi connectivity index (χ3v) is 5.72. The van der Waals surface area contributed by atoms with E-state index in [4.69, 9.17) is 18.9 Å². The van der Waals surface area contributed by atoms with E-state index in [0.29, 0.717) is 39.1 Å². The smallest absolute Gasteiger partial charge is 0.355 e. The molecule has 0 atom stereocenters. The van der Waals surface area contributed by atoms with Crippen LogP contribution >= 0.6 is 0 Å². The monoisotopic (exact) mass is 490 g/mol. The Morgan fingerprint density at radius 1 is 0.861 bits per heavy atom. The Balaban J connectivity index is 2.23. The van der Waals surface area contributed by atoms with Gasteiger partial charge in [0.2, 0.25) is 5.75 Å². The van der Waals surface area contributed by atoms with Gasteiger partial charge in [0.25, 0.3) is 11.2 Å². The van der Waals surface area contributed by atoms with E-state index in [1.807, 2.05) is 0 Å². The van der Waals surface area contributed by atoms with Crippen molar-refractivity contribution < 1.29 is 28.7 Å². The summed E-state index contributed by atoms with van der Waals surface area (Å²) >= 11 is 0. The predicted octanol–water partition coefficient (Wildman–Crippen LogP) is 4.38. The van der Waals surface area contributed by atoms with E-state index >= 15 is 0 Å². The lowest BCUT2D eigenvalue weighted by molar-refractivity contribution is -0.384. The number of ether oxygens (including phenoxy) is 4. The molecule has 10 nitrogen and oxygen atoms in total. The Labute approximate surface area is 205 Å². The number of carbonyl (C=O) groups is 1. The topological polar surface area (TPSA) is 119 Å². The first-order valence-corrected chi connectivity index (χ1v) is 10.7. The highest BCUT2D eigenvalue weighted by Gasteiger charge is 2.27. The maximum atomic E-state index is 13.7. The minimum absolute atomic E-state index is 0.115. The van der Waals surface area contributed by atoms with Crippen LogP contribution in [0.4, 0.5) is 5.69 Å². The van der Waals surface area contributed by atoms with Crippen LogP contribution in [0.2, 0.25) is 0 Å². The Morgan fingerprint density at radius 3 is 2.06 bits per heavy atom. The van der Waals surface area contributed by atoms with Crippen molar-refractivity contribution in [2.24, 2.45) is 0 Å². The first-order valence-electron chi connectivity index (χ1n) is 10.7. The number of esters is 1. The van der Waals surface area contributed by atoms with E-state index in [9.17, 15) is 19.7 Å². The van der Waals surface area contributed by atoms with Gasteiger partial charge < -0.3 is 18.9 Å². The van der Waals surface area contributed by atoms with E-state index in [-0.39, 0.29) is 17.1 Å². The second-order valence-electron chi connectivity index (χ2n) is 7.59. The summed E-state index contributed by atoms with van der Waals surface area (Å²) in [6, 6.07) is 15.5. The van der Waals surface area contributed by atoms with Crippen molar-refractivity contribution in [3.8, 4) is 34.1 Å². The minimum atomic E-state index is -0.812. The molecule has 0 spiro atoms. The van der Waals surface area contributed by atoms with Gasteiger partial charge in [-0.05, 0) is 35.2 Å². The van der Waals surface area contributed by atoms with Crippen LogP contribution in [0, 0.1) is 10.1 Å². The number of aromatic nitrogens is 1. The molecule has 0 aliphatic heterocycles. The first-order chi connectivity index (χ1) is 17.4. The van der Waals surface area contributed by atoms with Gasteiger partial charge in [0.15, 0.2) is 11.5 Å². The minimum Gasteiger partial charge on any atom is -0.493 e. The summed E-state index contributed by atoms with van der Waals surface area (Å²) in [5.41, 5.74) is 0.0634. The average Bonchev–Trinajstić information content (AvgIpc) is 2.91. The zero-order valence-electron chi connectivity index (χ0n) is 19.9. The SMILES string of the molecule is COC(=O)c1c(-c2cc(OC)c(OC)c(OC)c2)c2ccccc2c(=O)n1-c1cccc([N+](=O)[O-])c1. The lowest BCUT2D eigenvalue weighted by atomic mass is 9.95. The largest absolute Gasteiger partial charge is 0.493 e. The predicted molar refractivity (Wildman–Crippen MR) is 133 cm³/mol. The molecule has 1 aromatic heterocycles. The Kier molecular flexibility index (Phi) is 6.60. The van der Waals surface area contributed by atoms with Crippen LogP contribution in [0.5, 0.6) is 17.2 Å². The third-order valence-electron chi connectivity index (χ3n) is 5.72. The van der Waals surface area contributed by atoms with Crippen LogP contribution in [0.25, 0.3) is 27.6 Å². The second kappa shape index (κ2) is 9.79. The number of rotatable bonds is 7. The Hall–Kier alpha value is -4.86. The second-order valence-corrected chi connectivity index (χ2v) is 7.59. The van der Waals surface area contributed by atoms with E-state index in [0.717, 1.165) is 4.57 Å². The molecule has 1 heterocycles. The average molecular weight is 490 g/mol. The highest BCUT2D eigenvalue weighted by atomic mass is 16.6. The van der Waals surface area contributed by atoms with Gasteiger partial charge in [-0.3, -0.25) is 19.5 Å². The highest BCUT2D eigenvalue weighted by Crippen LogP contribution is 2.43.